The van der Waals surface area contributed by atoms with Crippen LogP contribution in [0.5, 0.6) is 11.5 Å². The molecule has 5 heteroatoms. The van der Waals surface area contributed by atoms with E-state index in [1.165, 1.54) is 0 Å². The molecule has 0 unspecified atom stereocenters. The average Bonchev–Trinajstić information content (AvgIpc) is 3.00. The topological polar surface area (TPSA) is 35.8 Å². The van der Waals surface area contributed by atoms with Crippen LogP contribution in [-0.2, 0) is 0 Å². The Kier molecular flexibility index (Phi) is 5.10. The fraction of sp³-hybridized carbons (Fsp3) is 0.150. The lowest BCUT2D eigenvalue weighted by Gasteiger charge is -2.10. The Balaban J connectivity index is 1.92. The molecule has 0 atom stereocenters. The van der Waals surface area contributed by atoms with E-state index in [0.717, 1.165) is 28.5 Å². The SMILES string of the molecule is COc1ccc(-n2c(C)ccc2C=Nc2ccc(OC)c(Cl)c2)cc1. The van der Waals surface area contributed by atoms with Crippen LogP contribution in [0.1, 0.15) is 11.4 Å². The maximum atomic E-state index is 6.16. The van der Waals surface area contributed by atoms with E-state index < -0.39 is 0 Å². The Morgan fingerprint density at radius 2 is 1.72 bits per heavy atom. The van der Waals surface area contributed by atoms with Crippen molar-refractivity contribution >= 4 is 23.5 Å². The minimum Gasteiger partial charge on any atom is -0.497 e. The minimum atomic E-state index is 0.541. The molecule has 0 aliphatic rings. The van der Waals surface area contributed by atoms with Crippen molar-refractivity contribution in [2.45, 2.75) is 6.92 Å². The lowest BCUT2D eigenvalue weighted by atomic mass is 10.3. The molecule has 0 aliphatic carbocycles. The molecule has 0 bridgehead atoms. The number of aliphatic imine (C=N–C) groups is 1. The van der Waals surface area contributed by atoms with Gasteiger partial charge in [-0.1, -0.05) is 11.6 Å². The molecule has 0 saturated heterocycles. The monoisotopic (exact) mass is 354 g/mol. The van der Waals surface area contributed by atoms with E-state index >= 15 is 0 Å². The Hall–Kier alpha value is -2.72. The summed E-state index contributed by atoms with van der Waals surface area (Å²) in [7, 11) is 3.25. The van der Waals surface area contributed by atoms with Crippen LogP contribution in [0.25, 0.3) is 5.69 Å². The summed E-state index contributed by atoms with van der Waals surface area (Å²) >= 11 is 6.16. The fourth-order valence-electron chi connectivity index (χ4n) is 2.62. The van der Waals surface area contributed by atoms with Gasteiger partial charge in [0.15, 0.2) is 0 Å². The number of aromatic nitrogens is 1. The van der Waals surface area contributed by atoms with Crippen molar-refractivity contribution in [3.05, 3.63) is 71.0 Å². The van der Waals surface area contributed by atoms with Crippen LogP contribution in [0.15, 0.2) is 59.6 Å². The van der Waals surface area contributed by atoms with Gasteiger partial charge in [-0.2, -0.15) is 0 Å². The van der Waals surface area contributed by atoms with Gasteiger partial charge >= 0.3 is 0 Å². The summed E-state index contributed by atoms with van der Waals surface area (Å²) in [5, 5.41) is 0.541. The van der Waals surface area contributed by atoms with E-state index in [1.807, 2.05) is 48.7 Å². The predicted octanol–water partition coefficient (Wildman–Crippen LogP) is 5.21. The van der Waals surface area contributed by atoms with Crippen molar-refractivity contribution in [3.63, 3.8) is 0 Å². The summed E-state index contributed by atoms with van der Waals surface area (Å²) in [6.07, 6.45) is 1.83. The zero-order valence-corrected chi connectivity index (χ0v) is 15.1. The molecule has 25 heavy (non-hydrogen) atoms. The summed E-state index contributed by atoms with van der Waals surface area (Å²) in [4.78, 5) is 4.54. The van der Waals surface area contributed by atoms with Crippen molar-refractivity contribution in [2.24, 2.45) is 4.99 Å². The highest BCUT2D eigenvalue weighted by molar-refractivity contribution is 6.32. The van der Waals surface area contributed by atoms with Gasteiger partial charge < -0.3 is 14.0 Å². The lowest BCUT2D eigenvalue weighted by Crippen LogP contribution is -2.01. The third-order valence-electron chi connectivity index (χ3n) is 3.92. The second-order valence-electron chi connectivity index (χ2n) is 5.51. The van der Waals surface area contributed by atoms with E-state index in [2.05, 4.69) is 22.5 Å². The second kappa shape index (κ2) is 7.45. The van der Waals surface area contributed by atoms with Crippen LogP contribution >= 0.6 is 11.6 Å². The van der Waals surface area contributed by atoms with Crippen LogP contribution in [0.4, 0.5) is 5.69 Å². The largest absolute Gasteiger partial charge is 0.497 e. The molecule has 4 nitrogen and oxygen atoms in total. The molecule has 0 radical (unpaired) electrons. The molecule has 0 fully saturated rings. The molecule has 0 N–H and O–H groups in total. The zero-order valence-electron chi connectivity index (χ0n) is 14.4. The molecule has 3 rings (SSSR count). The number of methoxy groups -OCH3 is 2. The zero-order chi connectivity index (χ0) is 17.8. The molecule has 1 aromatic heterocycles. The van der Waals surface area contributed by atoms with Crippen molar-refractivity contribution in [1.29, 1.82) is 0 Å². The van der Waals surface area contributed by atoms with E-state index in [0.29, 0.717) is 10.8 Å². The standard InChI is InChI=1S/C20H19ClN2O2/c1-14-4-6-17(23(14)16-7-9-18(24-2)10-8-16)13-22-15-5-11-20(25-3)19(21)12-15/h4-13H,1-3H3. The van der Waals surface area contributed by atoms with Crippen molar-refractivity contribution in [2.75, 3.05) is 14.2 Å². The van der Waals surface area contributed by atoms with Crippen molar-refractivity contribution < 1.29 is 9.47 Å². The lowest BCUT2D eigenvalue weighted by molar-refractivity contribution is 0.414. The number of hydrogen-bond acceptors (Lipinski definition) is 3. The highest BCUT2D eigenvalue weighted by Crippen LogP contribution is 2.28. The van der Waals surface area contributed by atoms with E-state index in [-0.39, 0.29) is 0 Å². The maximum Gasteiger partial charge on any atom is 0.137 e. The van der Waals surface area contributed by atoms with Gasteiger partial charge in [-0.25, -0.2) is 0 Å². The molecule has 1 heterocycles. The summed E-state index contributed by atoms with van der Waals surface area (Å²) in [5.41, 5.74) is 3.93. The van der Waals surface area contributed by atoms with Crippen LogP contribution in [0.2, 0.25) is 5.02 Å². The van der Waals surface area contributed by atoms with Gasteiger partial charge in [0, 0.05) is 11.4 Å². The first-order valence-electron chi connectivity index (χ1n) is 7.83. The van der Waals surface area contributed by atoms with E-state index in [4.69, 9.17) is 21.1 Å². The molecular formula is C20H19ClN2O2. The number of benzene rings is 2. The molecule has 2 aromatic carbocycles. The minimum absolute atomic E-state index is 0.541. The Morgan fingerprint density at radius 1 is 0.960 bits per heavy atom. The maximum absolute atomic E-state index is 6.16. The summed E-state index contributed by atoms with van der Waals surface area (Å²) in [6.45, 7) is 2.06. The molecule has 0 saturated carbocycles. The highest BCUT2D eigenvalue weighted by atomic mass is 35.5. The van der Waals surface area contributed by atoms with Gasteiger partial charge in [0.1, 0.15) is 11.5 Å². The van der Waals surface area contributed by atoms with Gasteiger partial charge in [0.2, 0.25) is 0 Å². The smallest absolute Gasteiger partial charge is 0.137 e. The molecular weight excluding hydrogens is 336 g/mol. The third-order valence-corrected chi connectivity index (χ3v) is 4.21. The molecule has 3 aromatic rings. The fourth-order valence-corrected chi connectivity index (χ4v) is 2.87. The number of aryl methyl sites for hydroxylation is 1. The van der Waals surface area contributed by atoms with Gasteiger partial charge in [0.05, 0.1) is 36.8 Å². The van der Waals surface area contributed by atoms with Crippen molar-refractivity contribution in [1.82, 2.24) is 4.57 Å². The van der Waals surface area contributed by atoms with Gasteiger partial charge in [-0.3, -0.25) is 4.99 Å². The van der Waals surface area contributed by atoms with Crippen molar-refractivity contribution in [3.8, 4) is 17.2 Å². The molecule has 128 valence electrons. The quantitative estimate of drug-likeness (QED) is 0.590. The van der Waals surface area contributed by atoms with Crippen LogP contribution in [0, 0.1) is 6.92 Å². The van der Waals surface area contributed by atoms with E-state index in [1.54, 1.807) is 20.3 Å². The van der Waals surface area contributed by atoms with Crippen LogP contribution in [0.3, 0.4) is 0 Å². The Labute approximate surface area is 152 Å². The van der Waals surface area contributed by atoms with Gasteiger partial charge in [0.25, 0.3) is 0 Å². The first-order chi connectivity index (χ1) is 12.1. The predicted molar refractivity (Wildman–Crippen MR) is 102 cm³/mol. The first-order valence-corrected chi connectivity index (χ1v) is 8.20. The third kappa shape index (κ3) is 3.69. The van der Waals surface area contributed by atoms with Gasteiger partial charge in [-0.15, -0.1) is 0 Å². The number of nitrogens with zero attached hydrogens (tertiary/aromatic N) is 2. The molecule has 0 amide bonds. The summed E-state index contributed by atoms with van der Waals surface area (Å²) in [6, 6.07) is 17.5. The molecule has 0 aliphatic heterocycles. The highest BCUT2D eigenvalue weighted by Gasteiger charge is 2.06. The second-order valence-corrected chi connectivity index (χ2v) is 5.92. The average molecular weight is 355 g/mol. The summed E-state index contributed by atoms with van der Waals surface area (Å²) in [5.74, 6) is 1.47. The number of hydrogen-bond donors (Lipinski definition) is 0. The van der Waals surface area contributed by atoms with Crippen LogP contribution in [-0.4, -0.2) is 25.0 Å². The normalized spacial score (nSPS) is 11.0. The van der Waals surface area contributed by atoms with Gasteiger partial charge in [-0.05, 0) is 61.5 Å². The Morgan fingerprint density at radius 3 is 2.36 bits per heavy atom. The summed E-state index contributed by atoms with van der Waals surface area (Å²) < 4.78 is 12.5. The molecule has 0 spiro atoms. The van der Waals surface area contributed by atoms with Crippen LogP contribution < -0.4 is 9.47 Å². The Bertz CT molecular complexity index is 899. The number of ether oxygens (including phenoxy) is 2. The number of rotatable bonds is 5. The first kappa shape index (κ1) is 17.1. The van der Waals surface area contributed by atoms with E-state index in [9.17, 15) is 0 Å². The number of halogens is 1.